The van der Waals surface area contributed by atoms with Crippen LogP contribution in [0.25, 0.3) is 16.0 Å². The molecule has 2 aromatic heterocycles. The highest BCUT2D eigenvalue weighted by Crippen LogP contribution is 2.33. The van der Waals surface area contributed by atoms with Gasteiger partial charge in [0.25, 0.3) is 0 Å². The third kappa shape index (κ3) is 4.09. The van der Waals surface area contributed by atoms with E-state index in [1.807, 2.05) is 45.0 Å². The summed E-state index contributed by atoms with van der Waals surface area (Å²) in [6, 6.07) is 14.3. The Morgan fingerprint density at radius 1 is 1.19 bits per heavy atom. The molecule has 2 heterocycles. The van der Waals surface area contributed by atoms with Crippen LogP contribution in [0.3, 0.4) is 0 Å². The predicted molar refractivity (Wildman–Crippen MR) is 116 cm³/mol. The lowest BCUT2D eigenvalue weighted by Gasteiger charge is -2.15. The molecule has 3 N–H and O–H groups in total. The van der Waals surface area contributed by atoms with E-state index >= 15 is 0 Å². The largest absolute Gasteiger partial charge is 0.395 e. The number of nitrogens with one attached hydrogen (secondary N) is 1. The molecule has 0 aliphatic heterocycles. The number of carbonyl (C=O) groups is 1. The van der Waals surface area contributed by atoms with Gasteiger partial charge in [-0.2, -0.15) is 0 Å². The molecule has 1 aromatic carbocycles. The third-order valence-corrected chi connectivity index (χ3v) is 5.36. The third-order valence-electron chi connectivity index (χ3n) is 4.15. The van der Waals surface area contributed by atoms with E-state index in [1.165, 1.54) is 10.4 Å². The number of benzene rings is 1. The van der Waals surface area contributed by atoms with Gasteiger partial charge in [-0.25, -0.2) is 4.99 Å². The zero-order valence-electron chi connectivity index (χ0n) is 15.7. The highest BCUT2D eigenvalue weighted by atomic mass is 32.1. The van der Waals surface area contributed by atoms with Crippen LogP contribution in [-0.4, -0.2) is 17.0 Å². The van der Waals surface area contributed by atoms with Crippen LogP contribution in [0, 0.1) is 5.41 Å². The Morgan fingerprint density at radius 2 is 1.89 bits per heavy atom. The van der Waals surface area contributed by atoms with Gasteiger partial charge in [-0.05, 0) is 17.7 Å². The van der Waals surface area contributed by atoms with Gasteiger partial charge in [-0.15, -0.1) is 11.3 Å². The van der Waals surface area contributed by atoms with Crippen LogP contribution < -0.4 is 5.73 Å². The number of ketones is 1. The van der Waals surface area contributed by atoms with Gasteiger partial charge in [0, 0.05) is 33.2 Å². The predicted octanol–water partition coefficient (Wildman–Crippen LogP) is 5.97. The van der Waals surface area contributed by atoms with E-state index in [2.05, 4.69) is 34.8 Å². The maximum absolute atomic E-state index is 12.4. The molecular formula is C22H23N3OS. The molecule has 0 saturated heterocycles. The van der Waals surface area contributed by atoms with E-state index in [1.54, 1.807) is 23.7 Å². The molecule has 0 amide bonds. The highest BCUT2D eigenvalue weighted by Gasteiger charge is 2.26. The summed E-state index contributed by atoms with van der Waals surface area (Å²) >= 11 is 1.66. The number of aromatic amines is 1. The molecule has 0 unspecified atom stereocenters. The lowest BCUT2D eigenvalue weighted by molar-refractivity contribution is 0.0859. The Kier molecular flexibility index (Phi) is 5.15. The number of Topliss-reactive ketones (excluding diaryl/α,β-unsaturated/α-hetero) is 1. The number of hydrogen-bond donors (Lipinski definition) is 2. The van der Waals surface area contributed by atoms with Crippen molar-refractivity contribution in [3.05, 3.63) is 65.7 Å². The van der Waals surface area contributed by atoms with Crippen LogP contribution in [0.4, 0.5) is 11.5 Å². The van der Waals surface area contributed by atoms with Gasteiger partial charge >= 0.3 is 0 Å². The molecule has 0 fully saturated rings. The maximum Gasteiger partial charge on any atom is 0.171 e. The fourth-order valence-corrected chi connectivity index (χ4v) is 3.54. The van der Waals surface area contributed by atoms with Crippen molar-refractivity contribution in [1.82, 2.24) is 4.98 Å². The smallest absolute Gasteiger partial charge is 0.171 e. The van der Waals surface area contributed by atoms with E-state index < -0.39 is 5.41 Å². The molecule has 0 saturated carbocycles. The molecule has 0 spiro atoms. The van der Waals surface area contributed by atoms with Crippen molar-refractivity contribution >= 4 is 40.4 Å². The van der Waals surface area contributed by atoms with E-state index in [0.29, 0.717) is 17.1 Å². The van der Waals surface area contributed by atoms with E-state index in [0.717, 1.165) is 10.5 Å². The number of nitrogen functional groups attached to an aromatic ring is 1. The molecule has 3 rings (SSSR count). The summed E-state index contributed by atoms with van der Waals surface area (Å²) < 4.78 is 0. The SMILES string of the molecule is C=C(C=Nc1[nH]cc(C(=O)C(C)(C)C)c1N)c1ccc(-c2ccccc2)s1. The lowest BCUT2D eigenvalue weighted by atomic mass is 9.87. The number of aromatic nitrogens is 1. The van der Waals surface area contributed by atoms with Crippen LogP contribution in [0.1, 0.15) is 36.0 Å². The van der Waals surface area contributed by atoms with Crippen molar-refractivity contribution < 1.29 is 4.79 Å². The van der Waals surface area contributed by atoms with Gasteiger partial charge in [0.15, 0.2) is 11.6 Å². The fourth-order valence-electron chi connectivity index (χ4n) is 2.60. The van der Waals surface area contributed by atoms with Gasteiger partial charge in [-0.1, -0.05) is 57.7 Å². The van der Waals surface area contributed by atoms with Crippen LogP contribution in [-0.2, 0) is 0 Å². The Labute approximate surface area is 163 Å². The number of thiophene rings is 1. The number of nitrogens with two attached hydrogens (primary N) is 1. The summed E-state index contributed by atoms with van der Waals surface area (Å²) in [6.07, 6.45) is 3.30. The molecule has 138 valence electrons. The second-order valence-electron chi connectivity index (χ2n) is 7.36. The second kappa shape index (κ2) is 7.37. The highest BCUT2D eigenvalue weighted by molar-refractivity contribution is 7.16. The van der Waals surface area contributed by atoms with Gasteiger partial charge in [0.1, 0.15) is 0 Å². The van der Waals surface area contributed by atoms with Crippen LogP contribution in [0.5, 0.6) is 0 Å². The van der Waals surface area contributed by atoms with Crippen molar-refractivity contribution in [2.45, 2.75) is 20.8 Å². The lowest BCUT2D eigenvalue weighted by Crippen LogP contribution is -2.20. The van der Waals surface area contributed by atoms with Crippen LogP contribution >= 0.6 is 11.3 Å². The Hall–Kier alpha value is -2.92. The van der Waals surface area contributed by atoms with Crippen LogP contribution in [0.15, 0.2) is 60.2 Å². The van der Waals surface area contributed by atoms with Gasteiger partial charge in [-0.3, -0.25) is 4.79 Å². The first-order valence-corrected chi connectivity index (χ1v) is 9.49. The fraction of sp³-hybridized carbons (Fsp3) is 0.182. The standard InChI is InChI=1S/C22H23N3OS/c1-14(17-10-11-18(27-17)15-8-6-5-7-9-15)12-24-21-19(23)16(13-25-21)20(26)22(2,3)4/h5-13,25H,1,23H2,2-4H3. The number of hydrogen-bond acceptors (Lipinski definition) is 4. The topological polar surface area (TPSA) is 71.2 Å². The minimum atomic E-state index is -0.494. The molecule has 3 aromatic rings. The molecular weight excluding hydrogens is 354 g/mol. The van der Waals surface area contributed by atoms with Gasteiger partial charge in [0.2, 0.25) is 0 Å². The molecule has 5 heteroatoms. The van der Waals surface area contributed by atoms with Crippen molar-refractivity contribution in [3.63, 3.8) is 0 Å². The molecule has 0 aliphatic carbocycles. The first-order chi connectivity index (χ1) is 12.8. The van der Waals surface area contributed by atoms with Gasteiger partial charge < -0.3 is 10.7 Å². The first-order valence-electron chi connectivity index (χ1n) is 8.67. The van der Waals surface area contributed by atoms with Gasteiger partial charge in [0.05, 0.1) is 11.3 Å². The normalized spacial score (nSPS) is 11.8. The zero-order chi connectivity index (χ0) is 19.6. The molecule has 0 bridgehead atoms. The number of carbonyl (C=O) groups excluding carboxylic acids is 1. The number of aliphatic imine (C=N–C) groups is 1. The minimum Gasteiger partial charge on any atom is -0.395 e. The van der Waals surface area contributed by atoms with E-state index in [4.69, 9.17) is 5.73 Å². The maximum atomic E-state index is 12.4. The second-order valence-corrected chi connectivity index (χ2v) is 8.44. The molecule has 27 heavy (non-hydrogen) atoms. The number of nitrogens with zero attached hydrogens (tertiary/aromatic N) is 1. The number of H-pyrrole nitrogens is 1. The summed E-state index contributed by atoms with van der Waals surface area (Å²) in [5, 5.41) is 0. The van der Waals surface area contributed by atoms with Crippen LogP contribution in [0.2, 0.25) is 0 Å². The number of anilines is 1. The van der Waals surface area contributed by atoms with Crippen molar-refractivity contribution in [2.24, 2.45) is 10.4 Å². The van der Waals surface area contributed by atoms with E-state index in [-0.39, 0.29) is 5.78 Å². The average molecular weight is 378 g/mol. The summed E-state index contributed by atoms with van der Waals surface area (Å²) in [6.45, 7) is 9.70. The summed E-state index contributed by atoms with van der Waals surface area (Å²) in [4.78, 5) is 22.0. The summed E-state index contributed by atoms with van der Waals surface area (Å²) in [5.74, 6) is 0.464. The summed E-state index contributed by atoms with van der Waals surface area (Å²) in [5.41, 5.74) is 8.43. The molecule has 0 aliphatic rings. The monoisotopic (exact) mass is 377 g/mol. The Morgan fingerprint density at radius 3 is 2.56 bits per heavy atom. The van der Waals surface area contributed by atoms with E-state index in [9.17, 15) is 4.79 Å². The quantitative estimate of drug-likeness (QED) is 0.425. The van der Waals surface area contributed by atoms with Crippen molar-refractivity contribution in [1.29, 1.82) is 0 Å². The molecule has 0 atom stereocenters. The van der Waals surface area contributed by atoms with Crippen molar-refractivity contribution in [2.75, 3.05) is 5.73 Å². The number of allylic oxidation sites excluding steroid dienone is 1. The van der Waals surface area contributed by atoms with Crippen molar-refractivity contribution in [3.8, 4) is 10.4 Å². The molecule has 0 radical (unpaired) electrons. The molecule has 4 nitrogen and oxygen atoms in total. The minimum absolute atomic E-state index is 0.0118. The number of rotatable bonds is 5. The zero-order valence-corrected chi connectivity index (χ0v) is 16.6. The Bertz CT molecular complexity index is 1000. The average Bonchev–Trinajstić information content (AvgIpc) is 3.26. The Balaban J connectivity index is 1.77. The summed E-state index contributed by atoms with van der Waals surface area (Å²) in [7, 11) is 0. The first kappa shape index (κ1) is 18.9.